The monoisotopic (exact) mass is 511 g/mol. The predicted octanol–water partition coefficient (Wildman–Crippen LogP) is 5.25. The largest absolute Gasteiger partial charge is 0.493 e. The molecule has 0 aliphatic heterocycles. The Labute approximate surface area is 213 Å². The van der Waals surface area contributed by atoms with E-state index in [0.29, 0.717) is 52.6 Å². The number of rotatable bonds is 10. The SMILES string of the molecule is COc1cc(CN(Cc2cc(=O)n3c(-c4ccc(F)cc4)csc3n2)CC(C)C)cc(OC)c1OC. The van der Waals surface area contributed by atoms with Crippen LogP contribution in [-0.2, 0) is 13.1 Å². The molecule has 7 nitrogen and oxygen atoms in total. The van der Waals surface area contributed by atoms with Crippen LogP contribution in [0.1, 0.15) is 25.1 Å². The molecule has 0 amide bonds. The minimum Gasteiger partial charge on any atom is -0.493 e. The van der Waals surface area contributed by atoms with Crippen LogP contribution in [0.15, 0.2) is 52.6 Å². The molecule has 0 aliphatic rings. The second-order valence-corrected chi connectivity index (χ2v) is 9.77. The van der Waals surface area contributed by atoms with Crippen molar-refractivity contribution in [2.75, 3.05) is 27.9 Å². The summed E-state index contributed by atoms with van der Waals surface area (Å²) in [6, 6.07) is 11.6. The van der Waals surface area contributed by atoms with E-state index in [2.05, 4.69) is 18.7 Å². The smallest absolute Gasteiger partial charge is 0.259 e. The van der Waals surface area contributed by atoms with Gasteiger partial charge in [0.15, 0.2) is 16.5 Å². The third kappa shape index (κ3) is 5.52. The summed E-state index contributed by atoms with van der Waals surface area (Å²) in [4.78, 5) is 20.7. The normalized spacial score (nSPS) is 11.4. The summed E-state index contributed by atoms with van der Waals surface area (Å²) in [5.41, 5.74) is 3.00. The van der Waals surface area contributed by atoms with Crippen LogP contribution < -0.4 is 19.8 Å². The van der Waals surface area contributed by atoms with E-state index < -0.39 is 0 Å². The van der Waals surface area contributed by atoms with Crippen LogP contribution in [0.5, 0.6) is 17.2 Å². The molecule has 190 valence electrons. The first kappa shape index (κ1) is 25.7. The fourth-order valence-corrected chi connectivity index (χ4v) is 5.20. The van der Waals surface area contributed by atoms with Crippen molar-refractivity contribution in [3.63, 3.8) is 0 Å². The first-order valence-electron chi connectivity index (χ1n) is 11.6. The van der Waals surface area contributed by atoms with Gasteiger partial charge >= 0.3 is 0 Å². The van der Waals surface area contributed by atoms with Gasteiger partial charge in [-0.1, -0.05) is 13.8 Å². The lowest BCUT2D eigenvalue weighted by Gasteiger charge is -2.25. The maximum absolute atomic E-state index is 13.4. The van der Waals surface area contributed by atoms with Crippen LogP contribution in [0.3, 0.4) is 0 Å². The molecule has 0 saturated carbocycles. The average molecular weight is 512 g/mol. The first-order valence-corrected chi connectivity index (χ1v) is 12.5. The van der Waals surface area contributed by atoms with Crippen molar-refractivity contribution in [3.8, 4) is 28.5 Å². The highest BCUT2D eigenvalue weighted by atomic mass is 32.1. The molecular weight excluding hydrogens is 481 g/mol. The molecule has 2 aromatic heterocycles. The van der Waals surface area contributed by atoms with Crippen molar-refractivity contribution >= 4 is 16.3 Å². The van der Waals surface area contributed by atoms with E-state index in [0.717, 1.165) is 17.7 Å². The van der Waals surface area contributed by atoms with Crippen molar-refractivity contribution in [2.45, 2.75) is 26.9 Å². The van der Waals surface area contributed by atoms with Gasteiger partial charge in [-0.2, -0.15) is 0 Å². The summed E-state index contributed by atoms with van der Waals surface area (Å²) >= 11 is 1.39. The van der Waals surface area contributed by atoms with Gasteiger partial charge in [-0.05, 0) is 53.4 Å². The molecule has 9 heteroatoms. The van der Waals surface area contributed by atoms with Crippen LogP contribution in [-0.4, -0.2) is 42.2 Å². The van der Waals surface area contributed by atoms with Crippen molar-refractivity contribution in [2.24, 2.45) is 5.92 Å². The molecule has 0 saturated heterocycles. The highest BCUT2D eigenvalue weighted by Gasteiger charge is 2.18. The predicted molar refractivity (Wildman–Crippen MR) is 140 cm³/mol. The van der Waals surface area contributed by atoms with E-state index in [1.165, 1.54) is 23.5 Å². The first-order chi connectivity index (χ1) is 17.3. The molecule has 0 radical (unpaired) electrons. The lowest BCUT2D eigenvalue weighted by molar-refractivity contribution is 0.224. The number of thiazole rings is 1. The number of ether oxygens (including phenoxy) is 3. The lowest BCUT2D eigenvalue weighted by Crippen LogP contribution is -2.28. The zero-order valence-corrected chi connectivity index (χ0v) is 21.9. The van der Waals surface area contributed by atoms with Crippen LogP contribution in [0.2, 0.25) is 0 Å². The number of hydrogen-bond donors (Lipinski definition) is 0. The molecular formula is C27H30FN3O4S. The van der Waals surface area contributed by atoms with Gasteiger partial charge < -0.3 is 14.2 Å². The van der Waals surface area contributed by atoms with Crippen molar-refractivity contribution in [1.29, 1.82) is 0 Å². The van der Waals surface area contributed by atoms with Gasteiger partial charge in [0.05, 0.1) is 32.7 Å². The van der Waals surface area contributed by atoms with Crippen molar-refractivity contribution in [3.05, 3.63) is 75.3 Å². The summed E-state index contributed by atoms with van der Waals surface area (Å²) in [5.74, 6) is 1.84. The second-order valence-electron chi connectivity index (χ2n) is 8.93. The molecule has 2 aromatic carbocycles. The van der Waals surface area contributed by atoms with E-state index in [4.69, 9.17) is 19.2 Å². The van der Waals surface area contributed by atoms with Gasteiger partial charge in [0.1, 0.15) is 5.82 Å². The molecule has 0 N–H and O–H groups in total. The molecule has 36 heavy (non-hydrogen) atoms. The molecule has 0 unspecified atom stereocenters. The fourth-order valence-electron chi connectivity index (χ4n) is 4.28. The van der Waals surface area contributed by atoms with Crippen LogP contribution in [0.25, 0.3) is 16.2 Å². The molecule has 4 rings (SSSR count). The number of halogens is 1. The van der Waals surface area contributed by atoms with Gasteiger partial charge in [0.25, 0.3) is 5.56 Å². The standard InChI is InChI=1S/C27H30FN3O4S/c1-17(2)13-30(14-18-10-23(33-3)26(35-5)24(11-18)34-4)15-21-12-25(32)31-22(16-36-27(31)29-21)19-6-8-20(28)9-7-19/h6-12,16-17H,13-15H2,1-5H3. The summed E-state index contributed by atoms with van der Waals surface area (Å²) in [6.07, 6.45) is 0. The van der Waals surface area contributed by atoms with Gasteiger partial charge in [-0.15, -0.1) is 11.3 Å². The minimum absolute atomic E-state index is 0.159. The topological polar surface area (TPSA) is 65.3 Å². The summed E-state index contributed by atoms with van der Waals surface area (Å²) in [7, 11) is 4.78. The third-order valence-corrected chi connectivity index (χ3v) is 6.56. The average Bonchev–Trinajstić information content (AvgIpc) is 3.28. The Morgan fingerprint density at radius 3 is 2.25 bits per heavy atom. The maximum atomic E-state index is 13.4. The van der Waals surface area contributed by atoms with Crippen LogP contribution in [0.4, 0.5) is 4.39 Å². The van der Waals surface area contributed by atoms with Gasteiger partial charge in [-0.3, -0.25) is 14.1 Å². The Balaban J connectivity index is 1.64. The third-order valence-electron chi connectivity index (χ3n) is 5.74. The van der Waals surface area contributed by atoms with Gasteiger partial charge in [0, 0.05) is 31.1 Å². The molecule has 4 aromatic rings. The number of methoxy groups -OCH3 is 3. The van der Waals surface area contributed by atoms with E-state index in [-0.39, 0.29) is 11.4 Å². The minimum atomic E-state index is -0.316. The van der Waals surface area contributed by atoms with Gasteiger partial charge in [-0.25, -0.2) is 9.37 Å². The molecule has 0 fully saturated rings. The summed E-state index contributed by atoms with van der Waals surface area (Å²) in [6.45, 7) is 6.23. The van der Waals surface area contributed by atoms with Crippen molar-refractivity contribution in [1.82, 2.24) is 14.3 Å². The number of aromatic nitrogens is 2. The van der Waals surface area contributed by atoms with Gasteiger partial charge in [0.2, 0.25) is 5.75 Å². The number of nitrogens with zero attached hydrogens (tertiary/aromatic N) is 3. The lowest BCUT2D eigenvalue weighted by atomic mass is 10.1. The molecule has 2 heterocycles. The highest BCUT2D eigenvalue weighted by Crippen LogP contribution is 2.38. The fraction of sp³-hybridized carbons (Fsp3) is 0.333. The highest BCUT2D eigenvalue weighted by molar-refractivity contribution is 7.15. The van der Waals surface area contributed by atoms with Crippen LogP contribution in [0, 0.1) is 11.7 Å². The molecule has 0 bridgehead atoms. The molecule has 0 aliphatic carbocycles. The molecule has 0 atom stereocenters. The summed E-state index contributed by atoms with van der Waals surface area (Å²) < 4.78 is 31.4. The number of benzene rings is 2. The zero-order valence-electron chi connectivity index (χ0n) is 21.1. The molecule has 0 spiro atoms. The van der Waals surface area contributed by atoms with E-state index in [1.54, 1.807) is 43.9 Å². The quantitative estimate of drug-likeness (QED) is 0.290. The Kier molecular flexibility index (Phi) is 7.91. The van der Waals surface area contributed by atoms with E-state index >= 15 is 0 Å². The number of hydrogen-bond acceptors (Lipinski definition) is 7. The van der Waals surface area contributed by atoms with Crippen LogP contribution >= 0.6 is 11.3 Å². The zero-order chi connectivity index (χ0) is 25.8. The maximum Gasteiger partial charge on any atom is 0.259 e. The van der Waals surface area contributed by atoms with E-state index in [9.17, 15) is 9.18 Å². The van der Waals surface area contributed by atoms with E-state index in [1.807, 2.05) is 17.5 Å². The Hall–Kier alpha value is -3.43. The summed E-state index contributed by atoms with van der Waals surface area (Å²) in [5, 5.41) is 1.88. The second kappa shape index (κ2) is 11.1. The van der Waals surface area contributed by atoms with Crippen molar-refractivity contribution < 1.29 is 18.6 Å². The Morgan fingerprint density at radius 1 is 1.00 bits per heavy atom. The number of fused-ring (bicyclic) bond motifs is 1. The Bertz CT molecular complexity index is 1370. The Morgan fingerprint density at radius 2 is 1.67 bits per heavy atom.